The zero-order valence-electron chi connectivity index (χ0n) is 11.2. The summed E-state index contributed by atoms with van der Waals surface area (Å²) in [6.07, 6.45) is 0. The molecule has 5 nitrogen and oxygen atoms in total. The summed E-state index contributed by atoms with van der Waals surface area (Å²) in [5.41, 5.74) is 3.60. The number of carbonyl (C=O) groups is 1. The summed E-state index contributed by atoms with van der Waals surface area (Å²) in [5.74, 6) is -0.378. The summed E-state index contributed by atoms with van der Waals surface area (Å²) < 4.78 is 0.793. The van der Waals surface area contributed by atoms with E-state index in [2.05, 4.69) is 26.5 Å². The van der Waals surface area contributed by atoms with Crippen LogP contribution in [-0.2, 0) is 0 Å². The average molecular weight is 349 g/mol. The van der Waals surface area contributed by atoms with Crippen molar-refractivity contribution in [2.45, 2.75) is 6.92 Å². The van der Waals surface area contributed by atoms with Crippen molar-refractivity contribution in [2.75, 3.05) is 0 Å². The maximum absolute atomic E-state index is 11.9. The van der Waals surface area contributed by atoms with E-state index in [1.165, 1.54) is 18.2 Å². The van der Waals surface area contributed by atoms with Gasteiger partial charge in [0.2, 0.25) is 0 Å². The lowest BCUT2D eigenvalue weighted by atomic mass is 10.1. The molecule has 6 heteroatoms. The molecule has 0 unspecified atom stereocenters. The van der Waals surface area contributed by atoms with Gasteiger partial charge in [-0.25, -0.2) is 5.43 Å². The van der Waals surface area contributed by atoms with E-state index in [0.717, 1.165) is 4.47 Å². The third-order valence-corrected chi connectivity index (χ3v) is 3.28. The van der Waals surface area contributed by atoms with Crippen LogP contribution in [0, 0.1) is 0 Å². The molecule has 0 atom stereocenters. The lowest BCUT2D eigenvalue weighted by Gasteiger charge is -2.06. The number of hydrogen-bond acceptors (Lipinski definition) is 4. The van der Waals surface area contributed by atoms with Crippen LogP contribution in [0.5, 0.6) is 11.5 Å². The molecule has 0 aliphatic heterocycles. The Morgan fingerprint density at radius 2 is 1.95 bits per heavy atom. The van der Waals surface area contributed by atoms with Gasteiger partial charge in [-0.05, 0) is 43.3 Å². The van der Waals surface area contributed by atoms with Gasteiger partial charge in [0.05, 0.1) is 5.71 Å². The van der Waals surface area contributed by atoms with E-state index in [1.807, 2.05) is 6.07 Å². The van der Waals surface area contributed by atoms with Gasteiger partial charge in [0.25, 0.3) is 5.91 Å². The zero-order valence-corrected chi connectivity index (χ0v) is 12.8. The van der Waals surface area contributed by atoms with Crippen LogP contribution in [0.2, 0.25) is 0 Å². The summed E-state index contributed by atoms with van der Waals surface area (Å²) in [4.78, 5) is 11.9. The van der Waals surface area contributed by atoms with Crippen molar-refractivity contribution in [1.29, 1.82) is 0 Å². The van der Waals surface area contributed by atoms with E-state index >= 15 is 0 Å². The Hall–Kier alpha value is -2.34. The molecule has 108 valence electrons. The van der Waals surface area contributed by atoms with Crippen molar-refractivity contribution >= 4 is 27.5 Å². The number of nitrogens with zero attached hydrogens (tertiary/aromatic N) is 1. The molecule has 0 fully saturated rings. The third-order valence-electron chi connectivity index (χ3n) is 2.78. The number of phenolic OH excluding ortho intramolecular Hbond substituents is 2. The highest BCUT2D eigenvalue weighted by atomic mass is 79.9. The number of amides is 1. The number of carbonyl (C=O) groups excluding carboxylic acids is 1. The van der Waals surface area contributed by atoms with Crippen LogP contribution >= 0.6 is 15.9 Å². The van der Waals surface area contributed by atoms with Gasteiger partial charge in [0.1, 0.15) is 11.5 Å². The van der Waals surface area contributed by atoms with Gasteiger partial charge >= 0.3 is 0 Å². The van der Waals surface area contributed by atoms with Crippen molar-refractivity contribution in [3.63, 3.8) is 0 Å². The van der Waals surface area contributed by atoms with Crippen LogP contribution in [0.15, 0.2) is 52.0 Å². The fraction of sp³-hybridized carbons (Fsp3) is 0.0667. The highest BCUT2D eigenvalue weighted by molar-refractivity contribution is 9.10. The molecule has 0 aromatic heterocycles. The Morgan fingerprint density at radius 1 is 1.19 bits per heavy atom. The van der Waals surface area contributed by atoms with Crippen LogP contribution in [-0.4, -0.2) is 21.8 Å². The maximum atomic E-state index is 11.9. The lowest BCUT2D eigenvalue weighted by Crippen LogP contribution is -2.19. The largest absolute Gasteiger partial charge is 0.508 e. The Labute approximate surface area is 130 Å². The maximum Gasteiger partial charge on any atom is 0.271 e. The molecule has 0 heterocycles. The average Bonchev–Trinajstić information content (AvgIpc) is 2.47. The van der Waals surface area contributed by atoms with Crippen LogP contribution in [0.4, 0.5) is 0 Å². The summed E-state index contributed by atoms with van der Waals surface area (Å²) in [7, 11) is 0. The first-order chi connectivity index (χ1) is 9.97. The fourth-order valence-electron chi connectivity index (χ4n) is 1.70. The molecule has 0 bridgehead atoms. The van der Waals surface area contributed by atoms with Gasteiger partial charge in [0, 0.05) is 15.6 Å². The molecule has 2 rings (SSSR count). The molecular weight excluding hydrogens is 336 g/mol. The Bertz CT molecular complexity index is 714. The van der Waals surface area contributed by atoms with E-state index in [1.54, 1.807) is 25.1 Å². The van der Waals surface area contributed by atoms with Gasteiger partial charge in [-0.3, -0.25) is 4.79 Å². The minimum absolute atomic E-state index is 0.00988. The van der Waals surface area contributed by atoms with Crippen molar-refractivity contribution in [1.82, 2.24) is 5.43 Å². The van der Waals surface area contributed by atoms with Gasteiger partial charge in [-0.15, -0.1) is 0 Å². The Kier molecular flexibility index (Phi) is 4.59. The second-order valence-electron chi connectivity index (χ2n) is 4.35. The van der Waals surface area contributed by atoms with Crippen molar-refractivity contribution in [3.8, 4) is 11.5 Å². The van der Waals surface area contributed by atoms with E-state index in [4.69, 9.17) is 0 Å². The number of hydrogen-bond donors (Lipinski definition) is 3. The van der Waals surface area contributed by atoms with Crippen molar-refractivity contribution in [3.05, 3.63) is 58.1 Å². The lowest BCUT2D eigenvalue weighted by molar-refractivity contribution is 0.0954. The molecule has 0 saturated heterocycles. The summed E-state index contributed by atoms with van der Waals surface area (Å²) >= 11 is 3.29. The summed E-state index contributed by atoms with van der Waals surface area (Å²) in [5, 5.41) is 23.1. The van der Waals surface area contributed by atoms with Gasteiger partial charge in [-0.2, -0.15) is 5.10 Å². The van der Waals surface area contributed by atoms with E-state index in [9.17, 15) is 15.0 Å². The molecule has 2 aromatic rings. The first-order valence-corrected chi connectivity index (χ1v) is 6.89. The van der Waals surface area contributed by atoms with Crippen LogP contribution in [0.3, 0.4) is 0 Å². The second kappa shape index (κ2) is 6.41. The number of hydrazone groups is 1. The number of nitrogens with one attached hydrogen (secondary N) is 1. The standard InChI is InChI=1S/C15H13BrN2O3/c1-9(13-8-12(19)5-6-14(13)20)17-18-15(21)10-3-2-4-11(16)7-10/h2-8,19-20H,1H3,(H,18,21). The first kappa shape index (κ1) is 15.1. The quantitative estimate of drug-likeness (QED) is 0.453. The molecular formula is C15H13BrN2O3. The molecule has 1 amide bonds. The monoisotopic (exact) mass is 348 g/mol. The predicted molar refractivity (Wildman–Crippen MR) is 83.6 cm³/mol. The summed E-state index contributed by atoms with van der Waals surface area (Å²) in [6, 6.07) is 11.0. The minimum Gasteiger partial charge on any atom is -0.508 e. The van der Waals surface area contributed by atoms with Crippen LogP contribution < -0.4 is 5.43 Å². The topological polar surface area (TPSA) is 81.9 Å². The smallest absolute Gasteiger partial charge is 0.271 e. The molecule has 0 aliphatic carbocycles. The molecule has 0 spiro atoms. The second-order valence-corrected chi connectivity index (χ2v) is 5.27. The molecule has 0 saturated carbocycles. The normalized spacial score (nSPS) is 11.2. The highest BCUT2D eigenvalue weighted by Gasteiger charge is 2.08. The van der Waals surface area contributed by atoms with E-state index < -0.39 is 0 Å². The van der Waals surface area contributed by atoms with Crippen LogP contribution in [0.1, 0.15) is 22.8 Å². The molecule has 3 N–H and O–H groups in total. The van der Waals surface area contributed by atoms with Gasteiger partial charge in [0.15, 0.2) is 0 Å². The van der Waals surface area contributed by atoms with Crippen molar-refractivity contribution in [2.24, 2.45) is 5.10 Å². The summed E-state index contributed by atoms with van der Waals surface area (Å²) in [6.45, 7) is 1.62. The molecule has 21 heavy (non-hydrogen) atoms. The predicted octanol–water partition coefficient (Wildman–Crippen LogP) is 3.01. The van der Waals surface area contributed by atoms with Gasteiger partial charge in [-0.1, -0.05) is 22.0 Å². The SMILES string of the molecule is CC(=NNC(=O)c1cccc(Br)c1)c1cc(O)ccc1O. The third kappa shape index (κ3) is 3.82. The number of aromatic hydroxyl groups is 2. The molecule has 0 radical (unpaired) electrons. The highest BCUT2D eigenvalue weighted by Crippen LogP contribution is 2.22. The zero-order chi connectivity index (χ0) is 15.4. The minimum atomic E-state index is -0.365. The van der Waals surface area contributed by atoms with E-state index in [0.29, 0.717) is 16.8 Å². The van der Waals surface area contributed by atoms with E-state index in [-0.39, 0.29) is 17.4 Å². The first-order valence-electron chi connectivity index (χ1n) is 6.10. The van der Waals surface area contributed by atoms with Crippen molar-refractivity contribution < 1.29 is 15.0 Å². The Morgan fingerprint density at radius 3 is 2.67 bits per heavy atom. The fourth-order valence-corrected chi connectivity index (χ4v) is 2.10. The number of benzene rings is 2. The number of halogens is 1. The van der Waals surface area contributed by atoms with Crippen LogP contribution in [0.25, 0.3) is 0 Å². The molecule has 0 aliphatic rings. The number of rotatable bonds is 3. The van der Waals surface area contributed by atoms with Gasteiger partial charge < -0.3 is 10.2 Å². The Balaban J connectivity index is 2.17. The number of phenols is 2. The molecule has 2 aromatic carbocycles.